The summed E-state index contributed by atoms with van der Waals surface area (Å²) in [7, 11) is 0. The Morgan fingerprint density at radius 2 is 1.63 bits per heavy atom. The number of aliphatic hydroxyl groups is 3. The maximum atomic E-state index is 14.1. The third-order valence-corrected chi connectivity index (χ3v) is 11.4. The van der Waals surface area contributed by atoms with Crippen LogP contribution in [0.3, 0.4) is 0 Å². The SMILES string of the molecule is O=C(CCCC1CCN(c2cc(N3CCC[C@H]3C(=O)NCCc3ccc(C(F)(F)F)cc3)nc(C(F)(F)F)n2)CC1)NCCNc1ncnc2c1ncn2[C@@H]1OC(CO)=C(O)C1O. The van der Waals surface area contributed by atoms with Gasteiger partial charge in [0.25, 0.3) is 0 Å². The molecule has 0 radical (unpaired) electrons. The normalized spacial score (nSPS) is 19.8. The van der Waals surface area contributed by atoms with Gasteiger partial charge in [0.1, 0.15) is 36.9 Å². The van der Waals surface area contributed by atoms with Gasteiger partial charge in [0.2, 0.25) is 23.9 Å². The van der Waals surface area contributed by atoms with Crippen molar-refractivity contribution in [3.05, 3.63) is 71.5 Å². The molecule has 63 heavy (non-hydrogen) atoms. The van der Waals surface area contributed by atoms with Crippen LogP contribution in [0.25, 0.3) is 11.2 Å². The Kier molecular flexibility index (Phi) is 13.7. The van der Waals surface area contributed by atoms with Crippen molar-refractivity contribution in [1.82, 2.24) is 40.1 Å². The molecule has 340 valence electrons. The molecule has 1 unspecified atom stereocenters. The largest absolute Gasteiger partial charge is 0.506 e. The smallest absolute Gasteiger partial charge is 0.451 e. The van der Waals surface area contributed by atoms with Crippen LogP contribution in [0, 0.1) is 5.92 Å². The molecule has 0 bridgehead atoms. The van der Waals surface area contributed by atoms with E-state index in [4.69, 9.17) is 4.74 Å². The van der Waals surface area contributed by atoms with Crippen molar-refractivity contribution >= 4 is 40.4 Å². The zero-order chi connectivity index (χ0) is 44.9. The lowest BCUT2D eigenvalue weighted by Gasteiger charge is -2.34. The van der Waals surface area contributed by atoms with Crippen LogP contribution in [0.1, 0.15) is 68.1 Å². The second-order valence-electron chi connectivity index (χ2n) is 15.6. The van der Waals surface area contributed by atoms with Crippen molar-refractivity contribution in [1.29, 1.82) is 0 Å². The van der Waals surface area contributed by atoms with Gasteiger partial charge in [0.15, 0.2) is 34.6 Å². The highest BCUT2D eigenvalue weighted by molar-refractivity contribution is 5.86. The summed E-state index contributed by atoms with van der Waals surface area (Å²) in [5.41, 5.74) is 0.480. The summed E-state index contributed by atoms with van der Waals surface area (Å²) in [5, 5.41) is 38.5. The van der Waals surface area contributed by atoms with Crippen LogP contribution < -0.4 is 25.8 Å². The molecule has 6 heterocycles. The second kappa shape index (κ2) is 19.2. The lowest BCUT2D eigenvalue weighted by Crippen LogP contribution is -2.44. The minimum absolute atomic E-state index is 0.00932. The van der Waals surface area contributed by atoms with Crippen LogP contribution in [-0.4, -0.2) is 115 Å². The van der Waals surface area contributed by atoms with Crippen LogP contribution in [0.5, 0.6) is 0 Å². The zero-order valence-electron chi connectivity index (χ0n) is 33.9. The molecule has 3 aliphatic heterocycles. The Balaban J connectivity index is 0.849. The molecule has 2 fully saturated rings. The van der Waals surface area contributed by atoms with Gasteiger partial charge in [-0.05, 0) is 68.6 Å². The number of imidazole rings is 1. The molecule has 0 saturated carbocycles. The standard InChI is InChI=1S/C40H47F6N11O6/c41-39(42,43)25-8-6-24(7-9-25)10-13-49-36(62)26-4-2-16-56(26)29-19-28(53-38(54-29)40(44,45)46)55-17-11-23(12-18-55)3-1-5-30(59)47-14-15-48-34-31-35(51-21-50-34)57(22-52-31)37-33(61)32(60)27(20-58)63-37/h6-9,19,21-23,26,33,37,58,60-61H,1-5,10-18,20H2,(H,47,59)(H,49,62)(H,48,50,51)/t26-,33?,37+/m0/s1. The molecule has 7 rings (SSSR count). The Morgan fingerprint density at radius 1 is 0.889 bits per heavy atom. The number of fused-ring (bicyclic) bond motifs is 1. The molecule has 2 amide bonds. The summed E-state index contributed by atoms with van der Waals surface area (Å²) in [6.07, 6.45) is -4.96. The molecule has 3 aromatic heterocycles. The highest BCUT2D eigenvalue weighted by atomic mass is 19.4. The van der Waals surface area contributed by atoms with Gasteiger partial charge in [-0.25, -0.2) is 24.9 Å². The third kappa shape index (κ3) is 10.6. The maximum absolute atomic E-state index is 14.1. The summed E-state index contributed by atoms with van der Waals surface area (Å²) >= 11 is 0. The topological polar surface area (TPSA) is 216 Å². The first-order valence-corrected chi connectivity index (χ1v) is 20.6. The number of amides is 2. The van der Waals surface area contributed by atoms with Gasteiger partial charge < -0.3 is 45.8 Å². The average Bonchev–Trinajstić information content (AvgIpc) is 4.00. The first kappa shape index (κ1) is 45.1. The summed E-state index contributed by atoms with van der Waals surface area (Å²) in [4.78, 5) is 49.6. The second-order valence-corrected chi connectivity index (χ2v) is 15.6. The van der Waals surface area contributed by atoms with E-state index in [-0.39, 0.29) is 55.2 Å². The minimum atomic E-state index is -4.84. The number of carbonyl (C=O) groups is 2. The first-order chi connectivity index (χ1) is 30.1. The van der Waals surface area contributed by atoms with E-state index in [1.54, 1.807) is 9.80 Å². The van der Waals surface area contributed by atoms with Crippen LogP contribution in [0.15, 0.2) is 54.5 Å². The van der Waals surface area contributed by atoms with Gasteiger partial charge in [-0.2, -0.15) is 26.3 Å². The number of ether oxygens (including phenoxy) is 1. The molecule has 3 atom stereocenters. The number of hydrogen-bond donors (Lipinski definition) is 6. The van der Waals surface area contributed by atoms with E-state index in [9.17, 15) is 51.3 Å². The number of rotatable bonds is 16. The van der Waals surface area contributed by atoms with E-state index in [0.717, 1.165) is 18.6 Å². The molecule has 23 heteroatoms. The molecular formula is C40H47F6N11O6. The summed E-state index contributed by atoms with van der Waals surface area (Å²) in [6.45, 7) is 1.31. The van der Waals surface area contributed by atoms with E-state index < -0.39 is 60.4 Å². The number of piperidine rings is 1. The molecule has 3 aliphatic rings. The monoisotopic (exact) mass is 891 g/mol. The van der Waals surface area contributed by atoms with Gasteiger partial charge in [0.05, 0.1) is 5.56 Å². The van der Waals surface area contributed by atoms with Gasteiger partial charge in [-0.3, -0.25) is 14.2 Å². The van der Waals surface area contributed by atoms with Crippen molar-refractivity contribution in [2.24, 2.45) is 5.92 Å². The van der Waals surface area contributed by atoms with E-state index in [1.165, 1.54) is 35.4 Å². The summed E-state index contributed by atoms with van der Waals surface area (Å²) in [6, 6.07) is 5.32. The van der Waals surface area contributed by atoms with Crippen molar-refractivity contribution in [3.8, 4) is 0 Å². The molecule has 0 spiro atoms. The maximum Gasteiger partial charge on any atom is 0.451 e. The number of hydrogen-bond acceptors (Lipinski definition) is 14. The molecule has 1 aromatic carbocycles. The van der Waals surface area contributed by atoms with Crippen molar-refractivity contribution < 1.29 is 56.0 Å². The molecule has 0 aliphatic carbocycles. The molecular weight excluding hydrogens is 844 g/mol. The molecule has 17 nitrogen and oxygen atoms in total. The van der Waals surface area contributed by atoms with Crippen LogP contribution in [0.2, 0.25) is 0 Å². The number of benzene rings is 1. The van der Waals surface area contributed by atoms with E-state index in [1.807, 2.05) is 0 Å². The average molecular weight is 892 g/mol. The van der Waals surface area contributed by atoms with Crippen molar-refractivity contribution in [3.63, 3.8) is 0 Å². The lowest BCUT2D eigenvalue weighted by atomic mass is 9.91. The zero-order valence-corrected chi connectivity index (χ0v) is 33.9. The molecule has 6 N–H and O–H groups in total. The van der Waals surface area contributed by atoms with Gasteiger partial charge in [0, 0.05) is 51.8 Å². The number of carbonyl (C=O) groups excluding carboxylic acids is 2. The fourth-order valence-electron chi connectivity index (χ4n) is 8.02. The number of nitrogens with one attached hydrogen (secondary N) is 3. The Morgan fingerprint density at radius 3 is 2.33 bits per heavy atom. The fraction of sp³-hybridized carbons (Fsp3) is 0.525. The molecule has 4 aromatic rings. The summed E-state index contributed by atoms with van der Waals surface area (Å²) < 4.78 is 87.9. The van der Waals surface area contributed by atoms with Gasteiger partial charge in [-0.15, -0.1) is 0 Å². The number of alkyl halides is 6. The Bertz CT molecular complexity index is 2270. The number of anilines is 3. The van der Waals surface area contributed by atoms with Crippen LogP contribution in [0.4, 0.5) is 43.8 Å². The van der Waals surface area contributed by atoms with Crippen LogP contribution in [-0.2, 0) is 33.1 Å². The Labute approximate surface area is 356 Å². The van der Waals surface area contributed by atoms with Crippen LogP contribution >= 0.6 is 0 Å². The van der Waals surface area contributed by atoms with Crippen molar-refractivity contribution in [2.45, 2.75) is 82.1 Å². The first-order valence-electron chi connectivity index (χ1n) is 20.6. The summed E-state index contributed by atoms with van der Waals surface area (Å²) in [5.74, 6) is -1.77. The highest BCUT2D eigenvalue weighted by Crippen LogP contribution is 2.36. The number of aromatic nitrogens is 6. The number of nitrogens with zero attached hydrogens (tertiary/aromatic N) is 8. The molecule has 2 saturated heterocycles. The fourth-order valence-corrected chi connectivity index (χ4v) is 8.02. The van der Waals surface area contributed by atoms with E-state index in [2.05, 4.69) is 40.9 Å². The number of aliphatic hydroxyl groups excluding tert-OH is 3. The quantitative estimate of drug-likeness (QED) is 0.0686. The third-order valence-electron chi connectivity index (χ3n) is 11.4. The Hall–Kier alpha value is -5.97. The van der Waals surface area contributed by atoms with Gasteiger partial charge >= 0.3 is 12.4 Å². The predicted molar refractivity (Wildman–Crippen MR) is 214 cm³/mol. The van der Waals surface area contributed by atoms with E-state index in [0.29, 0.717) is 80.8 Å². The van der Waals surface area contributed by atoms with Crippen molar-refractivity contribution in [2.75, 3.05) is 61.0 Å². The lowest BCUT2D eigenvalue weighted by molar-refractivity contribution is -0.144. The number of halogens is 6. The van der Waals surface area contributed by atoms with E-state index >= 15 is 0 Å². The minimum Gasteiger partial charge on any atom is -0.506 e. The highest BCUT2D eigenvalue weighted by Gasteiger charge is 2.40. The van der Waals surface area contributed by atoms with Gasteiger partial charge in [-0.1, -0.05) is 12.1 Å². The predicted octanol–water partition coefficient (Wildman–Crippen LogP) is 4.25.